The van der Waals surface area contributed by atoms with Crippen LogP contribution in [0.15, 0.2) is 59.7 Å². The van der Waals surface area contributed by atoms with Gasteiger partial charge >= 0.3 is 6.03 Å². The summed E-state index contributed by atoms with van der Waals surface area (Å²) in [4.78, 5) is 43.5. The van der Waals surface area contributed by atoms with Crippen LogP contribution in [0, 0.1) is 20.2 Å². The molecule has 0 saturated heterocycles. The number of nitro benzene ring substituents is 2. The number of carbonyl (C=O) groups is 2. The Morgan fingerprint density at radius 3 is 2.14 bits per heavy atom. The van der Waals surface area contributed by atoms with Crippen molar-refractivity contribution in [2.24, 2.45) is 5.10 Å². The van der Waals surface area contributed by atoms with Gasteiger partial charge in [0.15, 0.2) is 0 Å². The van der Waals surface area contributed by atoms with Gasteiger partial charge in [-0.15, -0.1) is 0 Å². The lowest BCUT2D eigenvalue weighted by Gasteiger charge is -2.06. The fourth-order valence-corrected chi connectivity index (χ4v) is 2.01. The van der Waals surface area contributed by atoms with E-state index in [1.54, 1.807) is 12.2 Å². The van der Waals surface area contributed by atoms with Crippen LogP contribution >= 0.6 is 0 Å². The van der Waals surface area contributed by atoms with Crippen molar-refractivity contribution in [2.75, 3.05) is 0 Å². The smallest absolute Gasteiger partial charge is 0.267 e. The molecule has 3 N–H and O–H groups in total. The predicted octanol–water partition coefficient (Wildman–Crippen LogP) is 2.15. The summed E-state index contributed by atoms with van der Waals surface area (Å²) in [5.41, 5.74) is 5.28. The molecule has 29 heavy (non-hydrogen) atoms. The maximum Gasteiger partial charge on any atom is 0.353 e. The van der Waals surface area contributed by atoms with Crippen LogP contribution in [0.2, 0.25) is 0 Å². The average molecular weight is 398 g/mol. The van der Waals surface area contributed by atoms with Gasteiger partial charge in [0.2, 0.25) is 0 Å². The number of hydrogen-bond acceptors (Lipinski definition) is 7. The third-order valence-electron chi connectivity index (χ3n) is 3.29. The number of nitrogens with zero attached hydrogens (tertiary/aromatic N) is 3. The zero-order chi connectivity index (χ0) is 21.2. The highest BCUT2D eigenvalue weighted by molar-refractivity contribution is 5.96. The van der Waals surface area contributed by atoms with Crippen molar-refractivity contribution < 1.29 is 19.4 Å². The predicted molar refractivity (Wildman–Crippen MR) is 103 cm³/mol. The highest BCUT2D eigenvalue weighted by Crippen LogP contribution is 2.22. The molecule has 0 aliphatic heterocycles. The second kappa shape index (κ2) is 9.91. The molecular weight excluding hydrogens is 384 g/mol. The molecule has 148 valence electrons. The van der Waals surface area contributed by atoms with Gasteiger partial charge in [-0.2, -0.15) is 5.10 Å². The minimum Gasteiger partial charge on any atom is -0.267 e. The molecular formula is C17H14N6O6. The molecule has 2 aromatic rings. The van der Waals surface area contributed by atoms with Crippen LogP contribution in [-0.4, -0.2) is 28.0 Å². The molecule has 3 amide bonds. The Bertz CT molecular complexity index is 957. The number of benzene rings is 2. The number of hydrazone groups is 1. The second-order valence-corrected chi connectivity index (χ2v) is 5.32. The van der Waals surface area contributed by atoms with Gasteiger partial charge in [0.1, 0.15) is 0 Å². The number of hydrogen-bond donors (Lipinski definition) is 3. The third-order valence-corrected chi connectivity index (χ3v) is 3.29. The van der Waals surface area contributed by atoms with Crippen LogP contribution in [0.1, 0.15) is 15.9 Å². The zero-order valence-corrected chi connectivity index (χ0v) is 14.6. The van der Waals surface area contributed by atoms with Crippen LogP contribution in [0.4, 0.5) is 16.2 Å². The van der Waals surface area contributed by atoms with Crippen LogP contribution < -0.4 is 16.3 Å². The number of hydrazine groups is 1. The molecule has 0 bridgehead atoms. The summed E-state index contributed by atoms with van der Waals surface area (Å²) >= 11 is 0. The van der Waals surface area contributed by atoms with Crippen molar-refractivity contribution in [1.29, 1.82) is 0 Å². The fraction of sp³-hybridized carbons (Fsp3) is 0. The number of amides is 3. The van der Waals surface area contributed by atoms with E-state index >= 15 is 0 Å². The number of carbonyl (C=O) groups excluding carboxylic acids is 2. The summed E-state index contributed by atoms with van der Waals surface area (Å²) in [5.74, 6) is -0.986. The van der Waals surface area contributed by atoms with Crippen LogP contribution in [0.25, 0.3) is 6.08 Å². The van der Waals surface area contributed by atoms with Gasteiger partial charge in [0.25, 0.3) is 17.3 Å². The first-order valence-electron chi connectivity index (χ1n) is 7.92. The molecule has 0 unspecified atom stereocenters. The van der Waals surface area contributed by atoms with E-state index in [0.717, 1.165) is 17.7 Å². The Hall–Kier alpha value is -4.61. The van der Waals surface area contributed by atoms with Crippen LogP contribution in [0.3, 0.4) is 0 Å². The maximum absolute atomic E-state index is 12.0. The van der Waals surface area contributed by atoms with Gasteiger partial charge in [-0.05, 0) is 11.6 Å². The molecule has 0 aliphatic rings. The zero-order valence-electron chi connectivity index (χ0n) is 14.6. The standard InChI is InChI=1S/C17H14N6O6/c24-16(13-9-14(22(26)27)11-15(10-13)23(28)29)19-21-17(25)20-18-8-4-7-12-5-2-1-3-6-12/h1-11H,(H,19,24)(H2,20,21,25)/b7-4+,18-8+. The minimum absolute atomic E-state index is 0.375. The summed E-state index contributed by atoms with van der Waals surface area (Å²) in [6.45, 7) is 0. The molecule has 0 heterocycles. The van der Waals surface area contributed by atoms with E-state index in [1.807, 2.05) is 41.2 Å². The highest BCUT2D eigenvalue weighted by Gasteiger charge is 2.20. The van der Waals surface area contributed by atoms with E-state index < -0.39 is 33.2 Å². The highest BCUT2D eigenvalue weighted by atomic mass is 16.6. The van der Waals surface area contributed by atoms with Crippen molar-refractivity contribution in [3.8, 4) is 0 Å². The summed E-state index contributed by atoms with van der Waals surface area (Å²) in [6.07, 6.45) is 4.63. The molecule has 0 aromatic heterocycles. The minimum atomic E-state index is -0.986. The molecule has 12 heteroatoms. The van der Waals surface area contributed by atoms with Gasteiger partial charge < -0.3 is 0 Å². The van der Waals surface area contributed by atoms with Crippen LogP contribution in [0.5, 0.6) is 0 Å². The van der Waals surface area contributed by atoms with Crippen molar-refractivity contribution in [1.82, 2.24) is 16.3 Å². The fourth-order valence-electron chi connectivity index (χ4n) is 2.01. The molecule has 0 saturated carbocycles. The lowest BCUT2D eigenvalue weighted by molar-refractivity contribution is -0.394. The van der Waals surface area contributed by atoms with E-state index in [-0.39, 0.29) is 5.56 Å². The average Bonchev–Trinajstić information content (AvgIpc) is 2.72. The van der Waals surface area contributed by atoms with E-state index in [1.165, 1.54) is 6.21 Å². The normalized spacial score (nSPS) is 10.6. The Labute approximate surface area is 163 Å². The molecule has 0 aliphatic carbocycles. The number of nitro groups is 2. The third kappa shape index (κ3) is 6.56. The van der Waals surface area contributed by atoms with Gasteiger partial charge in [-0.25, -0.2) is 15.6 Å². The van der Waals surface area contributed by atoms with E-state index in [9.17, 15) is 29.8 Å². The first-order chi connectivity index (χ1) is 13.9. The summed E-state index contributed by atoms with van der Waals surface area (Å²) < 4.78 is 0. The number of urea groups is 1. The molecule has 0 spiro atoms. The Morgan fingerprint density at radius 1 is 0.931 bits per heavy atom. The van der Waals surface area contributed by atoms with E-state index in [4.69, 9.17) is 0 Å². The topological polar surface area (TPSA) is 169 Å². The Balaban J connectivity index is 1.89. The quantitative estimate of drug-likeness (QED) is 0.382. The molecule has 12 nitrogen and oxygen atoms in total. The number of rotatable bonds is 6. The summed E-state index contributed by atoms with van der Waals surface area (Å²) in [6, 6.07) is 10.8. The van der Waals surface area contributed by atoms with Gasteiger partial charge in [-0.3, -0.25) is 30.4 Å². The Morgan fingerprint density at radius 2 is 1.55 bits per heavy atom. The first-order valence-corrected chi connectivity index (χ1v) is 7.92. The SMILES string of the molecule is O=C(N/N=C/C=C/c1ccccc1)NNC(=O)c1cc([N+](=O)[O-])cc([N+](=O)[O-])c1. The van der Waals surface area contributed by atoms with Gasteiger partial charge in [0.05, 0.1) is 21.5 Å². The maximum atomic E-state index is 12.0. The van der Waals surface area contributed by atoms with Gasteiger partial charge in [-0.1, -0.05) is 36.4 Å². The van der Waals surface area contributed by atoms with Crippen molar-refractivity contribution in [3.05, 3.63) is 86.0 Å². The number of nitrogens with one attached hydrogen (secondary N) is 3. The molecule has 0 atom stereocenters. The lowest BCUT2D eigenvalue weighted by Crippen LogP contribution is -2.45. The molecule has 0 radical (unpaired) electrons. The van der Waals surface area contributed by atoms with Crippen molar-refractivity contribution in [3.63, 3.8) is 0 Å². The summed E-state index contributed by atoms with van der Waals surface area (Å²) in [5, 5.41) is 25.3. The van der Waals surface area contributed by atoms with E-state index in [2.05, 4.69) is 10.5 Å². The second-order valence-electron chi connectivity index (χ2n) is 5.32. The van der Waals surface area contributed by atoms with Crippen LogP contribution in [-0.2, 0) is 0 Å². The summed E-state index contributed by atoms with van der Waals surface area (Å²) in [7, 11) is 0. The van der Waals surface area contributed by atoms with E-state index in [0.29, 0.717) is 6.07 Å². The molecule has 0 fully saturated rings. The van der Waals surface area contributed by atoms with Crippen molar-refractivity contribution >= 4 is 35.6 Å². The van der Waals surface area contributed by atoms with Gasteiger partial charge in [0, 0.05) is 18.3 Å². The number of allylic oxidation sites excluding steroid dienone is 1. The molecule has 2 rings (SSSR count). The molecule has 2 aromatic carbocycles. The first kappa shape index (κ1) is 20.7. The number of non-ortho nitro benzene ring substituents is 2. The monoisotopic (exact) mass is 398 g/mol. The largest absolute Gasteiger partial charge is 0.353 e. The van der Waals surface area contributed by atoms with Crippen molar-refractivity contribution in [2.45, 2.75) is 0 Å². The lowest BCUT2D eigenvalue weighted by atomic mass is 10.1. The Kier molecular flexibility index (Phi) is 7.08.